The zero-order chi connectivity index (χ0) is 17.3. The van der Waals surface area contributed by atoms with Crippen molar-refractivity contribution >= 4 is 5.82 Å². The minimum atomic E-state index is -0.318. The van der Waals surface area contributed by atoms with Gasteiger partial charge in [-0.3, -0.25) is 9.88 Å². The highest BCUT2D eigenvalue weighted by molar-refractivity contribution is 5.37. The maximum absolute atomic E-state index is 13.8. The minimum absolute atomic E-state index is 0.0986. The summed E-state index contributed by atoms with van der Waals surface area (Å²) in [5.41, 5.74) is 2.01. The van der Waals surface area contributed by atoms with Gasteiger partial charge < -0.3 is 10.1 Å². The first-order valence-electron chi connectivity index (χ1n) is 8.78. The molecular formula is C19H23FN4O. The minimum Gasteiger partial charge on any atom is -0.371 e. The van der Waals surface area contributed by atoms with E-state index in [0.717, 1.165) is 43.9 Å². The molecule has 0 aliphatic carbocycles. The number of anilines is 1. The maximum Gasteiger partial charge on any atom is 0.165 e. The predicted molar refractivity (Wildman–Crippen MR) is 93.8 cm³/mol. The van der Waals surface area contributed by atoms with E-state index in [4.69, 9.17) is 4.74 Å². The fourth-order valence-corrected chi connectivity index (χ4v) is 3.89. The third kappa shape index (κ3) is 3.65. The molecule has 2 aromatic rings. The summed E-state index contributed by atoms with van der Waals surface area (Å²) < 4.78 is 19.9. The topological polar surface area (TPSA) is 50.3 Å². The van der Waals surface area contributed by atoms with Gasteiger partial charge in [-0.2, -0.15) is 0 Å². The summed E-state index contributed by atoms with van der Waals surface area (Å²) in [6, 6.07) is 9.26. The molecule has 6 heteroatoms. The second kappa shape index (κ2) is 6.69. The molecule has 0 saturated carbocycles. The van der Waals surface area contributed by atoms with Crippen LogP contribution in [0.1, 0.15) is 24.2 Å². The molecule has 2 saturated heterocycles. The molecule has 25 heavy (non-hydrogen) atoms. The molecule has 1 spiro atoms. The third-order valence-corrected chi connectivity index (χ3v) is 5.04. The zero-order valence-corrected chi connectivity index (χ0v) is 14.4. The number of pyridine rings is 2. The first-order valence-corrected chi connectivity index (χ1v) is 8.78. The lowest BCUT2D eigenvalue weighted by Crippen LogP contribution is -2.33. The monoisotopic (exact) mass is 342 g/mol. The Bertz CT molecular complexity index is 756. The summed E-state index contributed by atoms with van der Waals surface area (Å²) in [6.07, 6.45) is 3.48. The number of likely N-dealkylation sites (tertiary alicyclic amines) is 1. The van der Waals surface area contributed by atoms with Crippen LogP contribution in [0.15, 0.2) is 36.5 Å². The Balaban J connectivity index is 1.36. The van der Waals surface area contributed by atoms with E-state index in [1.165, 1.54) is 6.07 Å². The van der Waals surface area contributed by atoms with Gasteiger partial charge in [-0.15, -0.1) is 0 Å². The molecule has 0 unspecified atom stereocenters. The van der Waals surface area contributed by atoms with E-state index < -0.39 is 0 Å². The molecule has 4 rings (SSSR count). The van der Waals surface area contributed by atoms with Crippen molar-refractivity contribution in [2.45, 2.75) is 38.0 Å². The quantitative estimate of drug-likeness (QED) is 0.926. The van der Waals surface area contributed by atoms with Gasteiger partial charge in [0, 0.05) is 37.9 Å². The molecular weight excluding hydrogens is 319 g/mol. The molecule has 0 amide bonds. The van der Waals surface area contributed by atoms with Gasteiger partial charge >= 0.3 is 0 Å². The average Bonchev–Trinajstić information content (AvgIpc) is 3.16. The van der Waals surface area contributed by atoms with Gasteiger partial charge in [-0.25, -0.2) is 9.37 Å². The Kier molecular flexibility index (Phi) is 4.39. The summed E-state index contributed by atoms with van der Waals surface area (Å²) >= 11 is 0. The number of halogens is 1. The lowest BCUT2D eigenvalue weighted by molar-refractivity contribution is 0.0119. The van der Waals surface area contributed by atoms with Crippen molar-refractivity contribution in [3.05, 3.63) is 53.7 Å². The van der Waals surface area contributed by atoms with Gasteiger partial charge in [0.2, 0.25) is 0 Å². The van der Waals surface area contributed by atoms with Crippen molar-refractivity contribution in [2.75, 3.05) is 25.0 Å². The van der Waals surface area contributed by atoms with Crippen LogP contribution in [-0.4, -0.2) is 46.2 Å². The van der Waals surface area contributed by atoms with Crippen molar-refractivity contribution in [1.29, 1.82) is 0 Å². The molecule has 5 nitrogen and oxygen atoms in total. The van der Waals surface area contributed by atoms with E-state index in [0.29, 0.717) is 12.4 Å². The summed E-state index contributed by atoms with van der Waals surface area (Å²) in [5.74, 6) is -0.00557. The SMILES string of the molecule is Cc1cccc(CN2CC[C@@]3(C[C@@H](Nc4ncccc4F)CO3)C2)n1. The molecule has 0 bridgehead atoms. The summed E-state index contributed by atoms with van der Waals surface area (Å²) in [6.45, 7) is 5.35. The van der Waals surface area contributed by atoms with Crippen LogP contribution >= 0.6 is 0 Å². The van der Waals surface area contributed by atoms with Gasteiger partial charge in [-0.05, 0) is 37.6 Å². The molecule has 2 aliphatic heterocycles. The molecule has 1 N–H and O–H groups in total. The van der Waals surface area contributed by atoms with Crippen molar-refractivity contribution < 1.29 is 9.13 Å². The predicted octanol–water partition coefficient (Wildman–Crippen LogP) is 2.77. The highest BCUT2D eigenvalue weighted by atomic mass is 19.1. The number of hydrogen-bond acceptors (Lipinski definition) is 5. The molecule has 4 heterocycles. The van der Waals surface area contributed by atoms with E-state index in [1.807, 2.05) is 13.0 Å². The van der Waals surface area contributed by atoms with Crippen LogP contribution < -0.4 is 5.32 Å². The number of nitrogens with zero attached hydrogens (tertiary/aromatic N) is 3. The number of ether oxygens (including phenoxy) is 1. The van der Waals surface area contributed by atoms with Crippen molar-refractivity contribution in [1.82, 2.24) is 14.9 Å². The Labute approximate surface area is 147 Å². The van der Waals surface area contributed by atoms with Crippen LogP contribution in [0.25, 0.3) is 0 Å². The Morgan fingerprint density at radius 2 is 2.28 bits per heavy atom. The number of rotatable bonds is 4. The van der Waals surface area contributed by atoms with E-state index in [2.05, 4.69) is 32.3 Å². The fourth-order valence-electron chi connectivity index (χ4n) is 3.89. The van der Waals surface area contributed by atoms with Crippen molar-refractivity contribution in [3.63, 3.8) is 0 Å². The van der Waals surface area contributed by atoms with E-state index in [9.17, 15) is 4.39 Å². The van der Waals surface area contributed by atoms with Crippen LogP contribution in [0, 0.1) is 12.7 Å². The summed E-state index contributed by atoms with van der Waals surface area (Å²) in [5, 5.41) is 3.19. The zero-order valence-electron chi connectivity index (χ0n) is 14.4. The second-order valence-corrected chi connectivity index (χ2v) is 7.10. The Morgan fingerprint density at radius 3 is 3.12 bits per heavy atom. The van der Waals surface area contributed by atoms with Crippen molar-refractivity contribution in [2.24, 2.45) is 0 Å². The lowest BCUT2D eigenvalue weighted by atomic mass is 9.97. The summed E-state index contributed by atoms with van der Waals surface area (Å²) in [7, 11) is 0. The van der Waals surface area contributed by atoms with Crippen LogP contribution in [0.2, 0.25) is 0 Å². The maximum atomic E-state index is 13.8. The Hall–Kier alpha value is -2.05. The van der Waals surface area contributed by atoms with Crippen LogP contribution in [0.4, 0.5) is 10.2 Å². The average molecular weight is 342 g/mol. The number of nitrogens with one attached hydrogen (secondary N) is 1. The third-order valence-electron chi connectivity index (χ3n) is 5.04. The highest BCUT2D eigenvalue weighted by Gasteiger charge is 2.45. The lowest BCUT2D eigenvalue weighted by Gasteiger charge is -2.23. The van der Waals surface area contributed by atoms with Gasteiger partial charge in [0.1, 0.15) is 0 Å². The molecule has 2 atom stereocenters. The number of aromatic nitrogens is 2. The van der Waals surface area contributed by atoms with Crippen LogP contribution in [-0.2, 0) is 11.3 Å². The van der Waals surface area contributed by atoms with Crippen LogP contribution in [0.5, 0.6) is 0 Å². The van der Waals surface area contributed by atoms with Gasteiger partial charge in [0.05, 0.1) is 23.9 Å². The first-order chi connectivity index (χ1) is 12.1. The van der Waals surface area contributed by atoms with Gasteiger partial charge in [0.25, 0.3) is 0 Å². The smallest absolute Gasteiger partial charge is 0.165 e. The molecule has 2 aromatic heterocycles. The number of hydrogen-bond donors (Lipinski definition) is 1. The Morgan fingerprint density at radius 1 is 1.36 bits per heavy atom. The van der Waals surface area contributed by atoms with Gasteiger partial charge in [-0.1, -0.05) is 6.07 Å². The fraction of sp³-hybridized carbons (Fsp3) is 0.474. The molecule has 2 fully saturated rings. The number of aryl methyl sites for hydroxylation is 1. The highest BCUT2D eigenvalue weighted by Crippen LogP contribution is 2.36. The van der Waals surface area contributed by atoms with E-state index in [-0.39, 0.29) is 17.5 Å². The van der Waals surface area contributed by atoms with E-state index >= 15 is 0 Å². The molecule has 2 aliphatic rings. The molecule has 132 valence electrons. The van der Waals surface area contributed by atoms with Gasteiger partial charge in [0.15, 0.2) is 11.6 Å². The normalized spacial score (nSPS) is 26.4. The van der Waals surface area contributed by atoms with Crippen molar-refractivity contribution in [3.8, 4) is 0 Å². The largest absolute Gasteiger partial charge is 0.371 e. The first kappa shape index (κ1) is 16.4. The molecule has 0 aromatic carbocycles. The standard InChI is InChI=1S/C19H23FN4O/c1-14-4-2-5-15(22-14)11-24-9-7-19(13-24)10-16(12-25-19)23-18-17(20)6-3-8-21-18/h2-6,8,16H,7,9-13H2,1H3,(H,21,23)/t16-,19-/m1/s1. The summed E-state index contributed by atoms with van der Waals surface area (Å²) in [4.78, 5) is 11.1. The van der Waals surface area contributed by atoms with E-state index in [1.54, 1.807) is 12.3 Å². The van der Waals surface area contributed by atoms with Crippen LogP contribution in [0.3, 0.4) is 0 Å². The second-order valence-electron chi connectivity index (χ2n) is 7.10. The molecule has 0 radical (unpaired) electrons.